The number of hydrogen-bond acceptors (Lipinski definition) is 8. The molecule has 0 aromatic carbocycles. The summed E-state index contributed by atoms with van der Waals surface area (Å²) in [7, 11) is 1.58. The molecule has 32 heavy (non-hydrogen) atoms. The smallest absolute Gasteiger partial charge is 0.267 e. The van der Waals surface area contributed by atoms with Gasteiger partial charge in [-0.2, -0.15) is 0 Å². The van der Waals surface area contributed by atoms with Crippen molar-refractivity contribution < 1.29 is 14.3 Å². The van der Waals surface area contributed by atoms with Crippen LogP contribution in [-0.4, -0.2) is 70.1 Å². The molecule has 2 saturated heterocycles. The van der Waals surface area contributed by atoms with Crippen LogP contribution >= 0.6 is 24.0 Å². The van der Waals surface area contributed by atoms with Gasteiger partial charge in [-0.3, -0.25) is 18.9 Å². The number of morpholine rings is 1. The fourth-order valence-corrected chi connectivity index (χ4v) is 5.26. The minimum absolute atomic E-state index is 0.00266. The van der Waals surface area contributed by atoms with E-state index < -0.39 is 0 Å². The summed E-state index contributed by atoms with van der Waals surface area (Å²) in [5.41, 5.74) is 1.66. The first-order chi connectivity index (χ1) is 15.3. The van der Waals surface area contributed by atoms with Crippen molar-refractivity contribution in [3.05, 3.63) is 44.7 Å². The Hall–Kier alpha value is -2.27. The fourth-order valence-electron chi connectivity index (χ4n) is 3.97. The molecule has 0 aliphatic carbocycles. The van der Waals surface area contributed by atoms with Gasteiger partial charge in [-0.05, 0) is 38.5 Å². The zero-order valence-electron chi connectivity index (χ0n) is 18.5. The number of methoxy groups -OCH3 is 1. The number of aromatic nitrogens is 2. The fraction of sp³-hybridized carbons (Fsp3) is 0.455. The summed E-state index contributed by atoms with van der Waals surface area (Å²) >= 11 is 6.58. The van der Waals surface area contributed by atoms with Crippen molar-refractivity contribution >= 4 is 51.7 Å². The minimum Gasteiger partial charge on any atom is -0.383 e. The monoisotopic (exact) mass is 474 g/mol. The van der Waals surface area contributed by atoms with Gasteiger partial charge in [-0.25, -0.2) is 4.98 Å². The van der Waals surface area contributed by atoms with E-state index in [4.69, 9.17) is 26.7 Å². The van der Waals surface area contributed by atoms with Gasteiger partial charge in [-0.15, -0.1) is 0 Å². The molecule has 10 heteroatoms. The molecule has 2 aromatic heterocycles. The first kappa shape index (κ1) is 22.9. The molecule has 0 radical (unpaired) electrons. The zero-order chi connectivity index (χ0) is 23.0. The molecule has 4 rings (SSSR count). The van der Waals surface area contributed by atoms with Crippen LogP contribution in [0.15, 0.2) is 28.0 Å². The lowest BCUT2D eigenvalue weighted by atomic mass is 10.1. The van der Waals surface area contributed by atoms with Crippen molar-refractivity contribution in [1.82, 2.24) is 14.3 Å². The van der Waals surface area contributed by atoms with Gasteiger partial charge in [0, 0.05) is 26.4 Å². The number of ether oxygens (including phenoxy) is 2. The summed E-state index contributed by atoms with van der Waals surface area (Å²) in [6.07, 6.45) is 3.39. The Balaban J connectivity index is 1.84. The standard InChI is InChI=1S/C22H26N4O4S2/c1-13-5-6-18-23-19(24-11-14(2)30-15(3)12-24)16(20(27)26(18)10-13)9-17-21(28)25(7-8-29-4)22(31)32-17/h5-6,9-10,14-15H,7-8,11-12H2,1-4H3/b17-9-/t14-,15+. The van der Waals surface area contributed by atoms with Crippen LogP contribution in [0.4, 0.5) is 5.82 Å². The maximum Gasteiger partial charge on any atom is 0.267 e. The van der Waals surface area contributed by atoms with E-state index in [1.807, 2.05) is 32.9 Å². The van der Waals surface area contributed by atoms with E-state index in [-0.39, 0.29) is 23.7 Å². The highest BCUT2D eigenvalue weighted by Gasteiger charge is 2.33. The Morgan fingerprint density at radius 2 is 2.00 bits per heavy atom. The van der Waals surface area contributed by atoms with Crippen LogP contribution in [0.1, 0.15) is 25.0 Å². The molecule has 2 aliphatic rings. The molecule has 0 saturated carbocycles. The number of nitrogens with zero attached hydrogens (tertiary/aromatic N) is 4. The van der Waals surface area contributed by atoms with Gasteiger partial charge < -0.3 is 14.4 Å². The third-order valence-electron chi connectivity index (χ3n) is 5.37. The van der Waals surface area contributed by atoms with Gasteiger partial charge in [0.25, 0.3) is 11.5 Å². The molecule has 0 spiro atoms. The number of carbonyl (C=O) groups excluding carboxylic acids is 1. The predicted octanol–water partition coefficient (Wildman–Crippen LogP) is 2.46. The maximum atomic E-state index is 13.6. The zero-order valence-corrected chi connectivity index (χ0v) is 20.2. The number of thiocarbonyl (C=S) groups is 1. The van der Waals surface area contributed by atoms with Crippen molar-refractivity contribution in [2.75, 3.05) is 38.3 Å². The van der Waals surface area contributed by atoms with Crippen LogP contribution in [0.5, 0.6) is 0 Å². The number of aryl methyl sites for hydroxylation is 1. The van der Waals surface area contributed by atoms with Crippen molar-refractivity contribution in [1.29, 1.82) is 0 Å². The quantitative estimate of drug-likeness (QED) is 0.483. The molecular formula is C22H26N4O4S2. The summed E-state index contributed by atoms with van der Waals surface area (Å²) < 4.78 is 12.9. The maximum absolute atomic E-state index is 13.6. The molecule has 170 valence electrons. The highest BCUT2D eigenvalue weighted by atomic mass is 32.2. The molecule has 0 bridgehead atoms. The van der Waals surface area contributed by atoms with E-state index in [9.17, 15) is 9.59 Å². The lowest BCUT2D eigenvalue weighted by Crippen LogP contribution is -2.46. The van der Waals surface area contributed by atoms with Crippen LogP contribution < -0.4 is 10.5 Å². The van der Waals surface area contributed by atoms with Gasteiger partial charge >= 0.3 is 0 Å². The highest BCUT2D eigenvalue weighted by Crippen LogP contribution is 2.33. The van der Waals surface area contributed by atoms with Crippen LogP contribution in [0.3, 0.4) is 0 Å². The average molecular weight is 475 g/mol. The minimum atomic E-state index is -0.222. The largest absolute Gasteiger partial charge is 0.383 e. The Labute approximate surface area is 196 Å². The third-order valence-corrected chi connectivity index (χ3v) is 6.75. The molecule has 4 heterocycles. The second-order valence-electron chi connectivity index (χ2n) is 8.08. The lowest BCUT2D eigenvalue weighted by Gasteiger charge is -2.36. The van der Waals surface area contributed by atoms with E-state index in [1.165, 1.54) is 21.1 Å². The van der Waals surface area contributed by atoms with Gasteiger partial charge in [0.15, 0.2) is 0 Å². The van der Waals surface area contributed by atoms with E-state index in [0.29, 0.717) is 52.5 Å². The number of fused-ring (bicyclic) bond motifs is 1. The average Bonchev–Trinajstić information content (AvgIpc) is 3.00. The molecule has 0 N–H and O–H groups in total. The Morgan fingerprint density at radius 3 is 2.69 bits per heavy atom. The molecule has 2 aromatic rings. The first-order valence-corrected chi connectivity index (χ1v) is 11.7. The van der Waals surface area contributed by atoms with Gasteiger partial charge in [0.05, 0.1) is 35.8 Å². The van der Waals surface area contributed by atoms with Gasteiger partial charge in [0.1, 0.15) is 15.8 Å². The number of carbonyl (C=O) groups is 1. The normalized spacial score (nSPS) is 23.1. The number of amides is 1. The molecule has 2 fully saturated rings. The van der Waals surface area contributed by atoms with E-state index in [0.717, 1.165) is 5.56 Å². The number of hydrogen-bond donors (Lipinski definition) is 0. The number of pyridine rings is 1. The molecule has 0 unspecified atom stereocenters. The summed E-state index contributed by atoms with van der Waals surface area (Å²) in [5, 5.41) is 0. The number of thioether (sulfide) groups is 1. The Bertz CT molecular complexity index is 1150. The summed E-state index contributed by atoms with van der Waals surface area (Å²) in [5.74, 6) is 0.337. The molecule has 2 aliphatic heterocycles. The van der Waals surface area contributed by atoms with E-state index in [1.54, 1.807) is 19.4 Å². The van der Waals surface area contributed by atoms with Crippen LogP contribution in [-0.2, 0) is 14.3 Å². The predicted molar refractivity (Wildman–Crippen MR) is 130 cm³/mol. The lowest BCUT2D eigenvalue weighted by molar-refractivity contribution is -0.122. The van der Waals surface area contributed by atoms with Crippen molar-refractivity contribution in [2.24, 2.45) is 0 Å². The number of anilines is 1. The summed E-state index contributed by atoms with van der Waals surface area (Å²) in [6.45, 7) is 7.89. The molecule has 2 atom stereocenters. The van der Waals surface area contributed by atoms with Crippen molar-refractivity contribution in [3.8, 4) is 0 Å². The third kappa shape index (κ3) is 4.45. The van der Waals surface area contributed by atoms with Gasteiger partial charge in [-0.1, -0.05) is 30.0 Å². The second kappa shape index (κ2) is 9.30. The molecule has 8 nitrogen and oxygen atoms in total. The van der Waals surface area contributed by atoms with E-state index in [2.05, 4.69) is 4.90 Å². The Kier molecular flexibility index (Phi) is 6.66. The van der Waals surface area contributed by atoms with Crippen molar-refractivity contribution in [2.45, 2.75) is 33.0 Å². The molecule has 1 amide bonds. The van der Waals surface area contributed by atoms with Crippen molar-refractivity contribution in [3.63, 3.8) is 0 Å². The van der Waals surface area contributed by atoms with Crippen LogP contribution in [0.25, 0.3) is 11.7 Å². The second-order valence-corrected chi connectivity index (χ2v) is 9.75. The van der Waals surface area contributed by atoms with Gasteiger partial charge in [0.2, 0.25) is 0 Å². The summed E-state index contributed by atoms with van der Waals surface area (Å²) in [4.78, 5) is 35.4. The Morgan fingerprint density at radius 1 is 1.28 bits per heavy atom. The molecular weight excluding hydrogens is 448 g/mol. The SMILES string of the molecule is COCCN1C(=O)/C(=C/c2c(N3C[C@@H](C)O[C@@H](C)C3)nc3ccc(C)cn3c2=O)SC1=S. The van der Waals surface area contributed by atoms with E-state index >= 15 is 0 Å². The first-order valence-electron chi connectivity index (χ1n) is 10.5. The van der Waals surface area contributed by atoms with Crippen LogP contribution in [0, 0.1) is 6.92 Å². The number of rotatable bonds is 5. The highest BCUT2D eigenvalue weighted by molar-refractivity contribution is 8.26. The topological polar surface area (TPSA) is 76.4 Å². The van der Waals surface area contributed by atoms with Crippen LogP contribution in [0.2, 0.25) is 0 Å². The summed E-state index contributed by atoms with van der Waals surface area (Å²) in [6, 6.07) is 3.76.